The van der Waals surface area contributed by atoms with Crippen molar-refractivity contribution in [2.24, 2.45) is 0 Å². The number of aromatic nitrogens is 3. The van der Waals surface area contributed by atoms with Crippen LogP contribution in [0.15, 0.2) is 36.5 Å². The highest BCUT2D eigenvalue weighted by Gasteiger charge is 2.26. The lowest BCUT2D eigenvalue weighted by atomic mass is 10.2. The number of hydrogen-bond acceptors (Lipinski definition) is 4. The quantitative estimate of drug-likeness (QED) is 0.539. The van der Waals surface area contributed by atoms with Gasteiger partial charge in [0.25, 0.3) is 5.91 Å². The van der Waals surface area contributed by atoms with E-state index in [0.717, 1.165) is 56.9 Å². The summed E-state index contributed by atoms with van der Waals surface area (Å²) in [5.41, 5.74) is 1.11. The van der Waals surface area contributed by atoms with Gasteiger partial charge in [-0.05, 0) is 25.0 Å². The van der Waals surface area contributed by atoms with Gasteiger partial charge in [-0.15, -0.1) is 11.3 Å². The van der Waals surface area contributed by atoms with Crippen LogP contribution in [0, 0.1) is 0 Å². The van der Waals surface area contributed by atoms with Gasteiger partial charge < -0.3 is 15.1 Å². The van der Waals surface area contributed by atoms with E-state index < -0.39 is 0 Å². The molecule has 1 amide bonds. The van der Waals surface area contributed by atoms with Crippen LogP contribution >= 0.6 is 11.3 Å². The predicted molar refractivity (Wildman–Crippen MR) is 118 cm³/mol. The van der Waals surface area contributed by atoms with Gasteiger partial charge in [-0.25, -0.2) is 9.67 Å². The zero-order chi connectivity index (χ0) is 20.3. The Bertz CT molecular complexity index is 967. The van der Waals surface area contributed by atoms with Crippen molar-refractivity contribution in [1.29, 1.82) is 0 Å². The van der Waals surface area contributed by atoms with Crippen LogP contribution in [-0.4, -0.2) is 53.4 Å². The summed E-state index contributed by atoms with van der Waals surface area (Å²) in [7, 11) is 0. The number of carbonyl (C=O) groups is 1. The van der Waals surface area contributed by atoms with Crippen LogP contribution < -0.4 is 15.1 Å². The molecule has 1 saturated carbocycles. The molecule has 0 spiro atoms. The Morgan fingerprint density at radius 2 is 1.87 bits per heavy atom. The normalized spacial score (nSPS) is 22.5. The minimum absolute atomic E-state index is 0.0966. The predicted octanol–water partition coefficient (Wildman–Crippen LogP) is 0.530. The van der Waals surface area contributed by atoms with Gasteiger partial charge in [-0.1, -0.05) is 25.0 Å². The second-order valence-corrected chi connectivity index (χ2v) is 9.69. The number of nitrogens with zero attached hydrogens (tertiary/aromatic N) is 3. The smallest absolute Gasteiger partial charge is 0.280 e. The third kappa shape index (κ3) is 4.40. The van der Waals surface area contributed by atoms with Crippen LogP contribution in [0.4, 0.5) is 5.82 Å². The van der Waals surface area contributed by atoms with Gasteiger partial charge >= 0.3 is 0 Å². The molecule has 3 aromatic rings. The fourth-order valence-electron chi connectivity index (χ4n) is 4.79. The summed E-state index contributed by atoms with van der Waals surface area (Å²) < 4.78 is 3.28. The van der Waals surface area contributed by atoms with Gasteiger partial charge in [0.15, 0.2) is 6.54 Å². The first-order chi connectivity index (χ1) is 14.7. The summed E-state index contributed by atoms with van der Waals surface area (Å²) in [4.78, 5) is 20.3. The zero-order valence-electron chi connectivity index (χ0n) is 17.3. The number of nitrogens with one attached hydrogen (secondary N) is 3. The number of amides is 1. The van der Waals surface area contributed by atoms with Crippen LogP contribution in [0.3, 0.4) is 0 Å². The highest BCUT2D eigenvalue weighted by atomic mass is 32.1. The number of quaternary nitrogens is 2. The maximum absolute atomic E-state index is 12.6. The van der Waals surface area contributed by atoms with Crippen LogP contribution in [0.5, 0.6) is 0 Å². The topological polar surface area (TPSA) is 68.7 Å². The summed E-state index contributed by atoms with van der Waals surface area (Å²) in [6.45, 7) is 5.73. The van der Waals surface area contributed by atoms with Crippen molar-refractivity contribution in [3.63, 3.8) is 0 Å². The molecule has 2 fully saturated rings. The molecule has 3 N–H and O–H groups in total. The van der Waals surface area contributed by atoms with Gasteiger partial charge in [0.2, 0.25) is 0 Å². The Kier molecular flexibility index (Phi) is 5.79. The van der Waals surface area contributed by atoms with E-state index in [1.807, 2.05) is 16.8 Å². The second-order valence-electron chi connectivity index (χ2n) is 8.58. The van der Waals surface area contributed by atoms with Crippen molar-refractivity contribution in [3.05, 3.63) is 41.5 Å². The third-order valence-electron chi connectivity index (χ3n) is 6.42. The SMILES string of the molecule is O=C(C[NH+]1CC[NH+](Cc2nc3ccccc3s2)CC1)Nc1ccnn1C1CCCC1. The standard InChI is InChI=1S/C22H28N6OS/c29-21(25-20-9-10-23-28(20)17-5-1-2-6-17)15-26-11-13-27(14-12-26)16-22-24-18-7-3-4-8-19(18)30-22/h3-4,7-10,17H,1-2,5-6,11-16H2,(H,25,29)/p+2. The largest absolute Gasteiger partial charge is 0.320 e. The van der Waals surface area contributed by atoms with Gasteiger partial charge in [0, 0.05) is 6.07 Å². The molecule has 0 bridgehead atoms. The van der Waals surface area contributed by atoms with E-state index >= 15 is 0 Å². The minimum atomic E-state index is 0.0966. The number of anilines is 1. The van der Waals surface area contributed by atoms with Gasteiger partial charge in [-0.3, -0.25) is 4.79 Å². The van der Waals surface area contributed by atoms with Crippen molar-refractivity contribution in [2.75, 3.05) is 38.0 Å². The van der Waals surface area contributed by atoms with Gasteiger partial charge in [0.1, 0.15) is 43.5 Å². The Balaban J connectivity index is 1.10. The highest BCUT2D eigenvalue weighted by Crippen LogP contribution is 2.31. The number of piperazine rings is 1. The molecule has 0 unspecified atom stereocenters. The fourth-order valence-corrected chi connectivity index (χ4v) is 5.83. The van der Waals surface area contributed by atoms with Crippen LogP contribution in [0.2, 0.25) is 0 Å². The van der Waals surface area contributed by atoms with Crippen molar-refractivity contribution < 1.29 is 14.6 Å². The van der Waals surface area contributed by atoms with E-state index in [0.29, 0.717) is 12.6 Å². The number of benzene rings is 1. The van der Waals surface area contributed by atoms with E-state index in [9.17, 15) is 4.79 Å². The maximum atomic E-state index is 12.6. The molecule has 3 heterocycles. The minimum Gasteiger partial charge on any atom is -0.320 e. The average Bonchev–Trinajstić information content (AvgIpc) is 3.49. The highest BCUT2D eigenvalue weighted by molar-refractivity contribution is 7.18. The van der Waals surface area contributed by atoms with Crippen LogP contribution in [0.25, 0.3) is 10.2 Å². The van der Waals surface area contributed by atoms with Crippen LogP contribution in [-0.2, 0) is 11.3 Å². The van der Waals surface area contributed by atoms with E-state index in [2.05, 4.69) is 28.6 Å². The summed E-state index contributed by atoms with van der Waals surface area (Å²) in [5.74, 6) is 0.950. The molecular weight excluding hydrogens is 396 g/mol. The maximum Gasteiger partial charge on any atom is 0.280 e. The second kappa shape index (κ2) is 8.83. The molecular formula is C22H30N6OS+2. The molecule has 5 rings (SSSR count). The lowest BCUT2D eigenvalue weighted by Crippen LogP contribution is -3.28. The molecule has 2 aliphatic rings. The number of fused-ring (bicyclic) bond motifs is 1. The molecule has 1 saturated heterocycles. The number of carbonyl (C=O) groups excluding carboxylic acids is 1. The van der Waals surface area contributed by atoms with Crippen molar-refractivity contribution in [3.8, 4) is 0 Å². The van der Waals surface area contributed by atoms with Crippen molar-refractivity contribution >= 4 is 33.3 Å². The Hall–Kier alpha value is -2.29. The zero-order valence-corrected chi connectivity index (χ0v) is 18.1. The lowest BCUT2D eigenvalue weighted by molar-refractivity contribution is -1.01. The Morgan fingerprint density at radius 3 is 2.67 bits per heavy atom. The fraction of sp³-hybridized carbons (Fsp3) is 0.500. The van der Waals surface area contributed by atoms with Gasteiger partial charge in [-0.2, -0.15) is 5.10 Å². The number of para-hydroxylation sites is 1. The third-order valence-corrected chi connectivity index (χ3v) is 7.46. The molecule has 30 heavy (non-hydrogen) atoms. The molecule has 8 heteroatoms. The number of hydrogen-bond donors (Lipinski definition) is 3. The molecule has 158 valence electrons. The van der Waals surface area contributed by atoms with Gasteiger partial charge in [0.05, 0.1) is 22.5 Å². The molecule has 1 aliphatic heterocycles. The van der Waals surface area contributed by atoms with Crippen molar-refractivity contribution in [1.82, 2.24) is 14.8 Å². The summed E-state index contributed by atoms with van der Waals surface area (Å²) in [6.07, 6.45) is 6.63. The molecule has 2 aromatic heterocycles. The van der Waals surface area contributed by atoms with E-state index in [1.165, 1.54) is 27.4 Å². The molecule has 1 aromatic carbocycles. The number of rotatable bonds is 6. The first-order valence-corrected chi connectivity index (χ1v) is 11.9. The summed E-state index contributed by atoms with van der Waals surface area (Å²) in [6, 6.07) is 10.7. The Labute approximate surface area is 180 Å². The molecule has 1 aliphatic carbocycles. The summed E-state index contributed by atoms with van der Waals surface area (Å²) in [5, 5.41) is 8.77. The molecule has 0 atom stereocenters. The molecule has 0 radical (unpaired) electrons. The average molecular weight is 427 g/mol. The van der Waals surface area contributed by atoms with E-state index in [4.69, 9.17) is 4.98 Å². The first-order valence-electron chi connectivity index (χ1n) is 11.1. The first kappa shape index (κ1) is 19.7. The van der Waals surface area contributed by atoms with Crippen LogP contribution in [0.1, 0.15) is 36.7 Å². The Morgan fingerprint density at radius 1 is 1.10 bits per heavy atom. The molecule has 7 nitrogen and oxygen atoms in total. The monoisotopic (exact) mass is 426 g/mol. The summed E-state index contributed by atoms with van der Waals surface area (Å²) >= 11 is 1.81. The van der Waals surface area contributed by atoms with Crippen molar-refractivity contribution in [2.45, 2.75) is 38.3 Å². The number of thiazole rings is 1. The van der Waals surface area contributed by atoms with E-state index in [-0.39, 0.29) is 5.91 Å². The lowest BCUT2D eigenvalue weighted by Gasteiger charge is -2.28. The van der Waals surface area contributed by atoms with E-state index in [1.54, 1.807) is 22.4 Å².